The van der Waals surface area contributed by atoms with Crippen LogP contribution in [0.3, 0.4) is 0 Å². The smallest absolute Gasteiger partial charge is 0.322 e. The second-order valence-corrected chi connectivity index (χ2v) is 4.25. The molecule has 0 spiro atoms. The number of carboxylic acid groups (broad SMARTS) is 1. The van der Waals surface area contributed by atoms with Crippen molar-refractivity contribution >= 4 is 23.5 Å². The van der Waals surface area contributed by atoms with E-state index in [9.17, 15) is 4.79 Å². The molecule has 0 saturated carbocycles. The van der Waals surface area contributed by atoms with Crippen LogP contribution in [0.4, 0.5) is 5.95 Å². The Morgan fingerprint density at radius 2 is 2.37 bits per heavy atom. The first-order valence-corrected chi connectivity index (χ1v) is 5.99. The monoisotopic (exact) mass is 288 g/mol. The van der Waals surface area contributed by atoms with E-state index in [-0.39, 0.29) is 23.8 Å². The summed E-state index contributed by atoms with van der Waals surface area (Å²) in [5.41, 5.74) is 0. The molecule has 1 aromatic rings. The number of rotatable bonds is 4. The summed E-state index contributed by atoms with van der Waals surface area (Å²) in [5, 5.41) is 8.90. The molecule has 1 aliphatic heterocycles. The molecule has 1 unspecified atom stereocenters. The zero-order valence-electron chi connectivity index (χ0n) is 10.2. The lowest BCUT2D eigenvalue weighted by atomic mass is 10.1. The van der Waals surface area contributed by atoms with E-state index in [1.165, 1.54) is 7.11 Å². The Morgan fingerprint density at radius 3 is 3.05 bits per heavy atom. The topological polar surface area (TPSA) is 97.7 Å². The van der Waals surface area contributed by atoms with E-state index in [0.717, 1.165) is 0 Å². The highest BCUT2D eigenvalue weighted by Crippen LogP contribution is 2.20. The van der Waals surface area contributed by atoms with Gasteiger partial charge in [0.05, 0.1) is 32.8 Å². The van der Waals surface area contributed by atoms with Crippen LogP contribution in [0, 0.1) is 0 Å². The number of halogens is 1. The summed E-state index contributed by atoms with van der Waals surface area (Å²) >= 11 is 5.78. The normalized spacial score (nSPS) is 19.3. The Kier molecular flexibility index (Phi) is 4.33. The lowest BCUT2D eigenvalue weighted by molar-refractivity contribution is -0.138. The number of morpholine rings is 1. The molecule has 2 rings (SSSR count). The van der Waals surface area contributed by atoms with Crippen LogP contribution in [-0.2, 0) is 9.53 Å². The Labute approximate surface area is 114 Å². The molecular formula is C10H13ClN4O4. The number of aromatic nitrogens is 3. The number of hydrogen-bond acceptors (Lipinski definition) is 7. The molecule has 1 saturated heterocycles. The predicted octanol–water partition coefficient (Wildman–Crippen LogP) is 0.213. The van der Waals surface area contributed by atoms with E-state index >= 15 is 0 Å². The zero-order chi connectivity index (χ0) is 13.8. The first-order valence-electron chi connectivity index (χ1n) is 5.62. The van der Waals surface area contributed by atoms with Crippen LogP contribution in [0.1, 0.15) is 6.42 Å². The SMILES string of the molecule is COc1nc(Cl)nc(N2CCOCC2CC(=O)O)n1. The Balaban J connectivity index is 2.26. The van der Waals surface area contributed by atoms with Crippen molar-refractivity contribution < 1.29 is 19.4 Å². The van der Waals surface area contributed by atoms with Crippen molar-refractivity contribution in [3.63, 3.8) is 0 Å². The molecule has 0 amide bonds. The van der Waals surface area contributed by atoms with Crippen LogP contribution in [0.25, 0.3) is 0 Å². The van der Waals surface area contributed by atoms with E-state index in [1.54, 1.807) is 4.90 Å². The van der Waals surface area contributed by atoms with Crippen LogP contribution in [0.2, 0.25) is 5.28 Å². The highest BCUT2D eigenvalue weighted by molar-refractivity contribution is 6.28. The van der Waals surface area contributed by atoms with E-state index in [4.69, 9.17) is 26.2 Å². The van der Waals surface area contributed by atoms with Crippen molar-refractivity contribution in [2.45, 2.75) is 12.5 Å². The van der Waals surface area contributed by atoms with Crippen LogP contribution in [0.15, 0.2) is 0 Å². The maximum Gasteiger partial charge on any atom is 0.322 e. The summed E-state index contributed by atoms with van der Waals surface area (Å²) in [5.74, 6) is -0.612. The van der Waals surface area contributed by atoms with E-state index < -0.39 is 5.97 Å². The number of anilines is 1. The summed E-state index contributed by atoms with van der Waals surface area (Å²) in [6.45, 7) is 1.26. The van der Waals surface area contributed by atoms with Crippen LogP contribution in [-0.4, -0.2) is 58.9 Å². The number of carboxylic acids is 1. The van der Waals surface area contributed by atoms with Gasteiger partial charge in [0.2, 0.25) is 11.2 Å². The molecule has 1 atom stereocenters. The molecule has 0 aliphatic carbocycles. The summed E-state index contributed by atoms with van der Waals surface area (Å²) < 4.78 is 10.2. The average molecular weight is 289 g/mol. The predicted molar refractivity (Wildman–Crippen MR) is 65.6 cm³/mol. The Hall–Kier alpha value is -1.67. The fraction of sp³-hybridized carbons (Fsp3) is 0.600. The maximum atomic E-state index is 10.8. The number of aliphatic carboxylic acids is 1. The third-order valence-corrected chi connectivity index (χ3v) is 2.82. The molecule has 1 aliphatic rings. The van der Waals surface area contributed by atoms with Gasteiger partial charge >= 0.3 is 12.0 Å². The van der Waals surface area contributed by atoms with Crippen molar-refractivity contribution in [3.05, 3.63) is 5.28 Å². The molecule has 104 valence electrons. The standard InChI is InChI=1S/C10H13ClN4O4/c1-18-10-13-8(11)12-9(14-10)15-2-3-19-5-6(15)4-7(16)17/h6H,2-5H2,1H3,(H,16,17). The molecule has 8 nitrogen and oxygen atoms in total. The van der Waals surface area contributed by atoms with Crippen molar-refractivity contribution in [1.82, 2.24) is 15.0 Å². The molecule has 2 heterocycles. The van der Waals surface area contributed by atoms with Gasteiger partial charge in [-0.2, -0.15) is 15.0 Å². The van der Waals surface area contributed by atoms with Crippen LogP contribution < -0.4 is 9.64 Å². The van der Waals surface area contributed by atoms with Gasteiger partial charge in [-0.05, 0) is 11.6 Å². The number of methoxy groups -OCH3 is 1. The van der Waals surface area contributed by atoms with Crippen molar-refractivity contribution in [2.24, 2.45) is 0 Å². The molecule has 19 heavy (non-hydrogen) atoms. The Morgan fingerprint density at radius 1 is 1.58 bits per heavy atom. The second kappa shape index (κ2) is 5.98. The maximum absolute atomic E-state index is 10.8. The summed E-state index contributed by atoms with van der Waals surface area (Å²) in [4.78, 5) is 24.5. The van der Waals surface area contributed by atoms with Gasteiger partial charge in [0.15, 0.2) is 0 Å². The molecule has 0 bridgehead atoms. The highest BCUT2D eigenvalue weighted by Gasteiger charge is 2.28. The van der Waals surface area contributed by atoms with Crippen LogP contribution in [0.5, 0.6) is 6.01 Å². The minimum Gasteiger partial charge on any atom is -0.481 e. The lowest BCUT2D eigenvalue weighted by Gasteiger charge is -2.34. The minimum absolute atomic E-state index is 0.00224. The quantitative estimate of drug-likeness (QED) is 0.840. The average Bonchev–Trinajstić information content (AvgIpc) is 2.38. The summed E-state index contributed by atoms with van der Waals surface area (Å²) in [6, 6.07) is -0.245. The zero-order valence-corrected chi connectivity index (χ0v) is 11.0. The van der Waals surface area contributed by atoms with Gasteiger partial charge in [0.1, 0.15) is 0 Å². The number of hydrogen-bond donors (Lipinski definition) is 1. The second-order valence-electron chi connectivity index (χ2n) is 3.91. The molecule has 1 N–H and O–H groups in total. The van der Waals surface area contributed by atoms with Gasteiger partial charge in [-0.25, -0.2) is 0 Å². The van der Waals surface area contributed by atoms with E-state index in [1.807, 2.05) is 0 Å². The lowest BCUT2D eigenvalue weighted by Crippen LogP contribution is -2.47. The van der Waals surface area contributed by atoms with Gasteiger partial charge in [0.25, 0.3) is 0 Å². The fourth-order valence-corrected chi connectivity index (χ4v) is 1.98. The molecule has 0 radical (unpaired) electrons. The van der Waals surface area contributed by atoms with Gasteiger partial charge < -0.3 is 19.5 Å². The molecule has 0 aromatic carbocycles. The molecule has 9 heteroatoms. The summed E-state index contributed by atoms with van der Waals surface area (Å²) in [6.07, 6.45) is -0.0639. The summed E-state index contributed by atoms with van der Waals surface area (Å²) in [7, 11) is 1.42. The largest absolute Gasteiger partial charge is 0.481 e. The molecular weight excluding hydrogens is 276 g/mol. The number of carbonyl (C=O) groups is 1. The van der Waals surface area contributed by atoms with Gasteiger partial charge in [-0.15, -0.1) is 0 Å². The third-order valence-electron chi connectivity index (χ3n) is 2.65. The highest BCUT2D eigenvalue weighted by atomic mass is 35.5. The van der Waals surface area contributed by atoms with Gasteiger partial charge in [-0.1, -0.05) is 0 Å². The van der Waals surface area contributed by atoms with Crippen LogP contribution >= 0.6 is 11.6 Å². The Bertz CT molecular complexity index is 473. The fourth-order valence-electron chi connectivity index (χ4n) is 1.83. The van der Waals surface area contributed by atoms with Crippen molar-refractivity contribution in [2.75, 3.05) is 31.8 Å². The van der Waals surface area contributed by atoms with E-state index in [0.29, 0.717) is 25.7 Å². The number of ether oxygens (including phenoxy) is 2. The first kappa shape index (κ1) is 13.8. The van der Waals surface area contributed by atoms with Crippen molar-refractivity contribution in [1.29, 1.82) is 0 Å². The van der Waals surface area contributed by atoms with Gasteiger partial charge in [0, 0.05) is 6.54 Å². The molecule has 1 aromatic heterocycles. The van der Waals surface area contributed by atoms with Crippen molar-refractivity contribution in [3.8, 4) is 6.01 Å². The third kappa shape index (κ3) is 3.42. The van der Waals surface area contributed by atoms with E-state index in [2.05, 4.69) is 15.0 Å². The molecule has 1 fully saturated rings. The number of nitrogens with zero attached hydrogens (tertiary/aromatic N) is 4. The minimum atomic E-state index is -0.910. The van der Waals surface area contributed by atoms with Gasteiger partial charge in [-0.3, -0.25) is 4.79 Å². The first-order chi connectivity index (χ1) is 9.10.